The molecule has 2 N–H and O–H groups in total. The molecule has 0 aliphatic heterocycles. The zero-order chi connectivity index (χ0) is 18.8. The number of H-pyrrole nitrogens is 1. The summed E-state index contributed by atoms with van der Waals surface area (Å²) in [6, 6.07) is 15.0. The van der Waals surface area contributed by atoms with E-state index in [4.69, 9.17) is 12.2 Å². The molecule has 0 radical (unpaired) electrons. The minimum absolute atomic E-state index is 0.0508. The van der Waals surface area contributed by atoms with E-state index < -0.39 is 0 Å². The monoisotopic (exact) mass is 379 g/mol. The Hall–Kier alpha value is -2.73. The van der Waals surface area contributed by atoms with Gasteiger partial charge < -0.3 is 10.3 Å². The number of amides is 1. The standard InChI is InChI=1S/C21H21N3O2S/c25-19(22-15-5-1-2-6-15)13-14-9-11-16(12-10-14)24-20(26)17-7-3-4-8-18(17)23-21(24)27/h3-4,7-12,15H,1-2,5-6,13H2,(H,22,25)(H,23,27). The number of para-hydroxylation sites is 1. The largest absolute Gasteiger partial charge is 0.353 e. The van der Waals surface area contributed by atoms with Crippen LogP contribution in [-0.4, -0.2) is 21.5 Å². The van der Waals surface area contributed by atoms with Gasteiger partial charge in [0.1, 0.15) is 0 Å². The van der Waals surface area contributed by atoms with Gasteiger partial charge in [0.25, 0.3) is 5.56 Å². The van der Waals surface area contributed by atoms with Gasteiger partial charge in [-0.25, -0.2) is 0 Å². The molecule has 2 aromatic carbocycles. The fraction of sp³-hybridized carbons (Fsp3) is 0.286. The highest BCUT2D eigenvalue weighted by Gasteiger charge is 2.17. The van der Waals surface area contributed by atoms with Crippen molar-refractivity contribution in [3.63, 3.8) is 0 Å². The number of carbonyl (C=O) groups excluding carboxylic acids is 1. The quantitative estimate of drug-likeness (QED) is 0.680. The van der Waals surface area contributed by atoms with Crippen molar-refractivity contribution < 1.29 is 4.79 Å². The second-order valence-electron chi connectivity index (χ2n) is 7.01. The van der Waals surface area contributed by atoms with E-state index in [0.29, 0.717) is 28.3 Å². The summed E-state index contributed by atoms with van der Waals surface area (Å²) in [4.78, 5) is 28.1. The summed E-state index contributed by atoms with van der Waals surface area (Å²) in [6.07, 6.45) is 4.89. The summed E-state index contributed by atoms with van der Waals surface area (Å²) in [6.45, 7) is 0. The number of nitrogens with zero attached hydrogens (tertiary/aromatic N) is 1. The van der Waals surface area contributed by atoms with Crippen molar-refractivity contribution in [1.29, 1.82) is 0 Å². The minimum Gasteiger partial charge on any atom is -0.353 e. The second-order valence-corrected chi connectivity index (χ2v) is 7.40. The molecule has 27 heavy (non-hydrogen) atoms. The molecule has 0 atom stereocenters. The maximum atomic E-state index is 12.8. The molecule has 1 fully saturated rings. The molecule has 6 heteroatoms. The Morgan fingerprint density at radius 2 is 1.81 bits per heavy atom. The van der Waals surface area contributed by atoms with E-state index in [1.165, 1.54) is 17.4 Å². The van der Waals surface area contributed by atoms with Crippen LogP contribution in [0.15, 0.2) is 53.3 Å². The zero-order valence-electron chi connectivity index (χ0n) is 14.9. The van der Waals surface area contributed by atoms with Crippen molar-refractivity contribution in [2.45, 2.75) is 38.1 Å². The summed E-state index contributed by atoms with van der Waals surface area (Å²) >= 11 is 5.38. The Morgan fingerprint density at radius 1 is 1.11 bits per heavy atom. The summed E-state index contributed by atoms with van der Waals surface area (Å²) in [7, 11) is 0. The Bertz CT molecular complexity index is 1090. The van der Waals surface area contributed by atoms with Crippen LogP contribution in [0.4, 0.5) is 0 Å². The van der Waals surface area contributed by atoms with Gasteiger partial charge in [-0.1, -0.05) is 37.1 Å². The average Bonchev–Trinajstić information content (AvgIpc) is 3.16. The highest BCUT2D eigenvalue weighted by Crippen LogP contribution is 2.18. The smallest absolute Gasteiger partial charge is 0.266 e. The van der Waals surface area contributed by atoms with Crippen molar-refractivity contribution in [3.8, 4) is 5.69 Å². The van der Waals surface area contributed by atoms with Crippen molar-refractivity contribution in [2.75, 3.05) is 0 Å². The predicted molar refractivity (Wildman–Crippen MR) is 109 cm³/mol. The molecule has 4 rings (SSSR count). The van der Waals surface area contributed by atoms with Crippen molar-refractivity contribution in [3.05, 3.63) is 69.2 Å². The lowest BCUT2D eigenvalue weighted by molar-refractivity contribution is -0.121. The molecule has 1 heterocycles. The average molecular weight is 379 g/mol. The SMILES string of the molecule is O=C(Cc1ccc(-n2c(=S)[nH]c3ccccc3c2=O)cc1)NC1CCCC1. The molecule has 0 unspecified atom stereocenters. The summed E-state index contributed by atoms with van der Waals surface area (Å²) in [5.41, 5.74) is 2.18. The van der Waals surface area contributed by atoms with Crippen LogP contribution in [0.2, 0.25) is 0 Å². The second kappa shape index (κ2) is 7.48. The Morgan fingerprint density at radius 3 is 2.56 bits per heavy atom. The van der Waals surface area contributed by atoms with Gasteiger partial charge in [-0.2, -0.15) is 0 Å². The van der Waals surface area contributed by atoms with Crippen LogP contribution in [-0.2, 0) is 11.2 Å². The normalized spacial score (nSPS) is 14.5. The van der Waals surface area contributed by atoms with E-state index in [0.717, 1.165) is 23.9 Å². The predicted octanol–water partition coefficient (Wildman–Crippen LogP) is 3.65. The van der Waals surface area contributed by atoms with E-state index >= 15 is 0 Å². The molecule has 0 spiro atoms. The highest BCUT2D eigenvalue weighted by molar-refractivity contribution is 7.71. The lowest BCUT2D eigenvalue weighted by Crippen LogP contribution is -2.33. The number of fused-ring (bicyclic) bond motifs is 1. The van der Waals surface area contributed by atoms with E-state index in [2.05, 4.69) is 10.3 Å². The van der Waals surface area contributed by atoms with Gasteiger partial charge in [0, 0.05) is 6.04 Å². The first-order chi connectivity index (χ1) is 13.1. The van der Waals surface area contributed by atoms with Crippen LogP contribution in [0.3, 0.4) is 0 Å². The molecule has 1 amide bonds. The van der Waals surface area contributed by atoms with Crippen LogP contribution in [0, 0.1) is 4.77 Å². The van der Waals surface area contributed by atoms with Gasteiger partial charge in [0.05, 0.1) is 23.0 Å². The van der Waals surface area contributed by atoms with Gasteiger partial charge >= 0.3 is 0 Å². The molecule has 0 saturated heterocycles. The van der Waals surface area contributed by atoms with Gasteiger partial charge in [0.15, 0.2) is 4.77 Å². The van der Waals surface area contributed by atoms with Crippen molar-refractivity contribution in [2.24, 2.45) is 0 Å². The Labute approximate surface area is 162 Å². The lowest BCUT2D eigenvalue weighted by atomic mass is 10.1. The summed E-state index contributed by atoms with van der Waals surface area (Å²) < 4.78 is 1.84. The molecule has 1 aliphatic rings. The molecule has 1 aliphatic carbocycles. The topological polar surface area (TPSA) is 66.9 Å². The van der Waals surface area contributed by atoms with Gasteiger partial charge in [-0.3, -0.25) is 14.2 Å². The van der Waals surface area contributed by atoms with Crippen molar-refractivity contribution in [1.82, 2.24) is 14.9 Å². The fourth-order valence-corrected chi connectivity index (χ4v) is 3.99. The molecule has 1 saturated carbocycles. The number of aromatic nitrogens is 2. The van der Waals surface area contributed by atoms with Crippen LogP contribution >= 0.6 is 12.2 Å². The molecular weight excluding hydrogens is 358 g/mol. The van der Waals surface area contributed by atoms with Gasteiger partial charge in [0.2, 0.25) is 5.91 Å². The van der Waals surface area contributed by atoms with Crippen LogP contribution in [0.25, 0.3) is 16.6 Å². The molecular formula is C21H21N3O2S. The van der Waals surface area contributed by atoms with E-state index in [-0.39, 0.29) is 11.5 Å². The van der Waals surface area contributed by atoms with Crippen LogP contribution in [0.1, 0.15) is 31.2 Å². The van der Waals surface area contributed by atoms with E-state index in [1.54, 1.807) is 6.07 Å². The lowest BCUT2D eigenvalue weighted by Gasteiger charge is -2.12. The number of nitrogens with one attached hydrogen (secondary N) is 2. The van der Waals surface area contributed by atoms with Crippen LogP contribution < -0.4 is 10.9 Å². The minimum atomic E-state index is -0.152. The Kier molecular flexibility index (Phi) is 4.90. The number of benzene rings is 2. The third kappa shape index (κ3) is 3.71. The van der Waals surface area contributed by atoms with E-state index in [9.17, 15) is 9.59 Å². The first-order valence-corrected chi connectivity index (χ1v) is 9.65. The summed E-state index contributed by atoms with van der Waals surface area (Å²) in [5.74, 6) is 0.0508. The number of hydrogen-bond acceptors (Lipinski definition) is 3. The van der Waals surface area contributed by atoms with Crippen LogP contribution in [0.5, 0.6) is 0 Å². The maximum Gasteiger partial charge on any atom is 0.266 e. The first kappa shape index (κ1) is 17.7. The first-order valence-electron chi connectivity index (χ1n) is 9.24. The molecule has 3 aromatic rings. The molecule has 138 valence electrons. The molecule has 1 aromatic heterocycles. The van der Waals surface area contributed by atoms with Gasteiger partial charge in [-0.05, 0) is 54.9 Å². The van der Waals surface area contributed by atoms with Crippen molar-refractivity contribution >= 4 is 29.0 Å². The number of carbonyl (C=O) groups is 1. The molecule has 0 bridgehead atoms. The zero-order valence-corrected chi connectivity index (χ0v) is 15.7. The highest BCUT2D eigenvalue weighted by atomic mass is 32.1. The maximum absolute atomic E-state index is 12.8. The Balaban J connectivity index is 1.57. The number of aromatic amines is 1. The van der Waals surface area contributed by atoms with E-state index in [1.807, 2.05) is 42.5 Å². The third-order valence-corrected chi connectivity index (χ3v) is 5.37. The van der Waals surface area contributed by atoms with Gasteiger partial charge in [-0.15, -0.1) is 0 Å². The third-order valence-electron chi connectivity index (χ3n) is 5.08. The molecule has 5 nitrogen and oxygen atoms in total. The summed E-state index contributed by atoms with van der Waals surface area (Å²) in [5, 5.41) is 3.69. The number of rotatable bonds is 4. The fourth-order valence-electron chi connectivity index (χ4n) is 3.69. The number of hydrogen-bond donors (Lipinski definition) is 2.